The molecule has 0 spiro atoms. The Hall–Kier alpha value is -2.08. The van der Waals surface area contributed by atoms with Crippen molar-refractivity contribution in [1.29, 1.82) is 0 Å². The van der Waals surface area contributed by atoms with Crippen LogP contribution in [0.15, 0.2) is 28.8 Å². The van der Waals surface area contributed by atoms with Crippen LogP contribution >= 0.6 is 11.6 Å². The van der Waals surface area contributed by atoms with Crippen molar-refractivity contribution >= 4 is 17.5 Å². The summed E-state index contributed by atoms with van der Waals surface area (Å²) in [5, 5.41) is 4.33. The van der Waals surface area contributed by atoms with Gasteiger partial charge in [0.2, 0.25) is 5.89 Å². The number of ether oxygens (including phenoxy) is 1. The molecule has 2 aromatic rings. The van der Waals surface area contributed by atoms with Crippen molar-refractivity contribution in [3.63, 3.8) is 0 Å². The zero-order chi connectivity index (χ0) is 17.1. The minimum absolute atomic E-state index is 0.0323. The van der Waals surface area contributed by atoms with Crippen LogP contribution < -0.4 is 4.74 Å². The molecule has 7 heteroatoms. The Morgan fingerprint density at radius 3 is 2.71 bits per heavy atom. The summed E-state index contributed by atoms with van der Waals surface area (Å²) < 4.78 is 10.9. The normalized spacial score (nSPS) is 16.9. The predicted octanol–water partition coefficient (Wildman–Crippen LogP) is 3.20. The van der Waals surface area contributed by atoms with Crippen molar-refractivity contribution in [1.82, 2.24) is 15.0 Å². The third-order valence-electron chi connectivity index (χ3n) is 4.19. The lowest BCUT2D eigenvalue weighted by Crippen LogP contribution is -2.44. The summed E-state index contributed by atoms with van der Waals surface area (Å²) in [5.74, 6) is 2.02. The number of carbonyl (C=O) groups is 1. The second-order valence-corrected chi connectivity index (χ2v) is 6.38. The molecule has 1 unspecified atom stereocenters. The number of likely N-dealkylation sites (tertiary alicyclic amines) is 1. The second kappa shape index (κ2) is 7.21. The van der Waals surface area contributed by atoms with E-state index in [0.717, 1.165) is 12.8 Å². The van der Waals surface area contributed by atoms with Gasteiger partial charge in [-0.15, -0.1) is 0 Å². The Labute approximate surface area is 145 Å². The first kappa shape index (κ1) is 16.8. The Morgan fingerprint density at radius 1 is 1.38 bits per heavy atom. The minimum atomic E-state index is -0.577. The van der Waals surface area contributed by atoms with Gasteiger partial charge in [-0.25, -0.2) is 0 Å². The molecule has 0 aliphatic carbocycles. The summed E-state index contributed by atoms with van der Waals surface area (Å²) in [4.78, 5) is 18.7. The topological polar surface area (TPSA) is 68.5 Å². The van der Waals surface area contributed by atoms with Crippen LogP contribution in [0.5, 0.6) is 5.75 Å². The third-order valence-corrected chi connectivity index (χ3v) is 4.50. The van der Waals surface area contributed by atoms with Gasteiger partial charge in [0, 0.05) is 19.0 Å². The SMILES string of the molecule is Cc1noc(C2CCN(C(=O)C(C)Oc3ccccc3Cl)CC2)n1. The van der Waals surface area contributed by atoms with Gasteiger partial charge in [0.05, 0.1) is 5.02 Å². The van der Waals surface area contributed by atoms with E-state index >= 15 is 0 Å². The molecule has 0 bridgehead atoms. The lowest BCUT2D eigenvalue weighted by atomic mass is 9.96. The second-order valence-electron chi connectivity index (χ2n) is 5.97. The highest BCUT2D eigenvalue weighted by atomic mass is 35.5. The molecule has 1 atom stereocenters. The summed E-state index contributed by atoms with van der Waals surface area (Å²) in [7, 11) is 0. The minimum Gasteiger partial charge on any atom is -0.479 e. The predicted molar refractivity (Wildman–Crippen MR) is 89.1 cm³/mol. The van der Waals surface area contributed by atoms with Crippen molar-refractivity contribution in [2.75, 3.05) is 13.1 Å². The highest BCUT2D eigenvalue weighted by Gasteiger charge is 2.30. The van der Waals surface area contributed by atoms with Crippen LogP contribution in [0.1, 0.15) is 37.4 Å². The highest BCUT2D eigenvalue weighted by molar-refractivity contribution is 6.32. The number of benzene rings is 1. The molecule has 2 heterocycles. The van der Waals surface area contributed by atoms with Crippen molar-refractivity contribution < 1.29 is 14.1 Å². The maximum atomic E-state index is 12.6. The van der Waals surface area contributed by atoms with Crippen LogP contribution in [0.3, 0.4) is 0 Å². The van der Waals surface area contributed by atoms with E-state index in [1.165, 1.54) is 0 Å². The van der Waals surface area contributed by atoms with E-state index in [9.17, 15) is 4.79 Å². The molecular formula is C17H20ClN3O3. The lowest BCUT2D eigenvalue weighted by molar-refractivity contribution is -0.139. The number of aromatic nitrogens is 2. The number of hydrogen-bond donors (Lipinski definition) is 0. The number of rotatable bonds is 4. The molecule has 0 saturated carbocycles. The third kappa shape index (κ3) is 3.70. The van der Waals surface area contributed by atoms with Crippen LogP contribution in [0, 0.1) is 6.92 Å². The van der Waals surface area contributed by atoms with Crippen LogP contribution in [-0.2, 0) is 4.79 Å². The molecule has 1 saturated heterocycles. The van der Waals surface area contributed by atoms with Crippen LogP contribution in [0.2, 0.25) is 5.02 Å². The number of aryl methyl sites for hydroxylation is 1. The standard InChI is InChI=1S/C17H20ClN3O3/c1-11(23-15-6-4-3-5-14(15)18)17(22)21-9-7-13(8-10-21)16-19-12(2)20-24-16/h3-6,11,13H,7-10H2,1-2H3. The van der Waals surface area contributed by atoms with Gasteiger partial charge in [0.15, 0.2) is 11.9 Å². The number of nitrogens with zero attached hydrogens (tertiary/aromatic N) is 3. The van der Waals surface area contributed by atoms with E-state index in [4.69, 9.17) is 20.9 Å². The van der Waals surface area contributed by atoms with Crippen molar-refractivity contribution in [2.24, 2.45) is 0 Å². The van der Waals surface area contributed by atoms with E-state index in [2.05, 4.69) is 10.1 Å². The van der Waals surface area contributed by atoms with E-state index in [0.29, 0.717) is 35.6 Å². The highest BCUT2D eigenvalue weighted by Crippen LogP contribution is 2.28. The number of piperidine rings is 1. The van der Waals surface area contributed by atoms with Gasteiger partial charge < -0.3 is 14.2 Å². The zero-order valence-corrected chi connectivity index (χ0v) is 14.5. The maximum Gasteiger partial charge on any atom is 0.263 e. The average Bonchev–Trinajstić information content (AvgIpc) is 3.03. The van der Waals surface area contributed by atoms with Gasteiger partial charge in [-0.3, -0.25) is 4.79 Å². The zero-order valence-electron chi connectivity index (χ0n) is 13.7. The smallest absolute Gasteiger partial charge is 0.263 e. The number of hydrogen-bond acceptors (Lipinski definition) is 5. The van der Waals surface area contributed by atoms with Crippen molar-refractivity contribution in [2.45, 2.75) is 38.7 Å². The molecule has 1 aliphatic rings. The van der Waals surface area contributed by atoms with Crippen molar-refractivity contribution in [3.05, 3.63) is 41.0 Å². The summed E-state index contributed by atoms with van der Waals surface area (Å²) in [6.07, 6.45) is 1.05. The number of amides is 1. The quantitative estimate of drug-likeness (QED) is 0.847. The van der Waals surface area contributed by atoms with E-state index in [1.807, 2.05) is 17.0 Å². The molecule has 3 rings (SSSR count). The van der Waals surface area contributed by atoms with Gasteiger partial charge in [-0.05, 0) is 38.8 Å². The van der Waals surface area contributed by atoms with Gasteiger partial charge >= 0.3 is 0 Å². The lowest BCUT2D eigenvalue weighted by Gasteiger charge is -2.32. The van der Waals surface area contributed by atoms with Gasteiger partial charge in [0.1, 0.15) is 5.75 Å². The van der Waals surface area contributed by atoms with E-state index in [1.54, 1.807) is 26.0 Å². The Balaban J connectivity index is 1.55. The fourth-order valence-corrected chi connectivity index (χ4v) is 3.04. The molecule has 1 aromatic carbocycles. The number of carbonyl (C=O) groups excluding carboxylic acids is 1. The molecule has 128 valence electrons. The van der Waals surface area contributed by atoms with Gasteiger partial charge in [0.25, 0.3) is 5.91 Å². The molecule has 0 N–H and O–H groups in total. The molecule has 1 fully saturated rings. The molecule has 24 heavy (non-hydrogen) atoms. The summed E-state index contributed by atoms with van der Waals surface area (Å²) in [6, 6.07) is 7.16. The van der Waals surface area contributed by atoms with E-state index < -0.39 is 6.10 Å². The average molecular weight is 350 g/mol. The van der Waals surface area contributed by atoms with Crippen molar-refractivity contribution in [3.8, 4) is 5.75 Å². The monoisotopic (exact) mass is 349 g/mol. The molecule has 1 aromatic heterocycles. The number of halogens is 1. The summed E-state index contributed by atoms with van der Waals surface area (Å²) in [5.41, 5.74) is 0. The van der Waals surface area contributed by atoms with Crippen LogP contribution in [0.25, 0.3) is 0 Å². The maximum absolute atomic E-state index is 12.6. The molecule has 6 nitrogen and oxygen atoms in total. The Kier molecular flexibility index (Phi) is 5.04. The molecule has 1 amide bonds. The molecular weight excluding hydrogens is 330 g/mol. The first-order valence-electron chi connectivity index (χ1n) is 8.05. The largest absolute Gasteiger partial charge is 0.479 e. The first-order chi connectivity index (χ1) is 11.5. The first-order valence-corrected chi connectivity index (χ1v) is 8.42. The van der Waals surface area contributed by atoms with Crippen LogP contribution in [-0.4, -0.2) is 40.1 Å². The summed E-state index contributed by atoms with van der Waals surface area (Å²) in [6.45, 7) is 4.86. The summed E-state index contributed by atoms with van der Waals surface area (Å²) >= 11 is 6.07. The Bertz CT molecular complexity index is 711. The fraction of sp³-hybridized carbons (Fsp3) is 0.471. The fourth-order valence-electron chi connectivity index (χ4n) is 2.86. The Morgan fingerprint density at radius 2 is 2.08 bits per heavy atom. The number of para-hydroxylation sites is 1. The molecule has 0 radical (unpaired) electrons. The van der Waals surface area contributed by atoms with Gasteiger partial charge in [-0.2, -0.15) is 4.98 Å². The molecule has 1 aliphatic heterocycles. The van der Waals surface area contributed by atoms with Crippen LogP contribution in [0.4, 0.5) is 0 Å². The van der Waals surface area contributed by atoms with E-state index in [-0.39, 0.29) is 11.8 Å². The van der Waals surface area contributed by atoms with Gasteiger partial charge in [-0.1, -0.05) is 28.9 Å².